The van der Waals surface area contributed by atoms with Crippen LogP contribution in [-0.2, 0) is 9.84 Å². The molecule has 0 heterocycles. The monoisotopic (exact) mass is 301 g/mol. The average Bonchev–Trinajstić information content (AvgIpc) is 2.46. The highest BCUT2D eigenvalue weighted by atomic mass is 32.2. The van der Waals surface area contributed by atoms with Crippen molar-refractivity contribution >= 4 is 15.7 Å². The summed E-state index contributed by atoms with van der Waals surface area (Å²) in [7, 11) is -3.40. The molecular formula is C12H19N3O4S. The molecule has 0 saturated carbocycles. The summed E-state index contributed by atoms with van der Waals surface area (Å²) in [5.74, 6) is -0.146. The fraction of sp³-hybridized carbons (Fsp3) is 0.417. The van der Waals surface area contributed by atoms with Gasteiger partial charge in [-0.25, -0.2) is 8.42 Å². The van der Waals surface area contributed by atoms with Gasteiger partial charge < -0.3 is 21.4 Å². The van der Waals surface area contributed by atoms with Crippen LogP contribution in [0.3, 0.4) is 0 Å². The van der Waals surface area contributed by atoms with Crippen LogP contribution in [0.25, 0.3) is 0 Å². The predicted molar refractivity (Wildman–Crippen MR) is 75.6 cm³/mol. The van der Waals surface area contributed by atoms with Gasteiger partial charge in [0.1, 0.15) is 0 Å². The van der Waals surface area contributed by atoms with Crippen molar-refractivity contribution in [1.29, 1.82) is 0 Å². The molecule has 1 aromatic rings. The third kappa shape index (κ3) is 4.48. The summed E-state index contributed by atoms with van der Waals surface area (Å²) in [6.07, 6.45) is 0. The molecule has 0 saturated heterocycles. The van der Waals surface area contributed by atoms with Crippen LogP contribution in [-0.4, -0.2) is 49.5 Å². The molecule has 8 heteroatoms. The first-order valence-corrected chi connectivity index (χ1v) is 7.71. The fourth-order valence-corrected chi connectivity index (χ4v) is 2.69. The summed E-state index contributed by atoms with van der Waals surface area (Å²) < 4.78 is 24.1. The van der Waals surface area contributed by atoms with Crippen LogP contribution in [0.15, 0.2) is 34.3 Å². The first-order chi connectivity index (χ1) is 9.40. The molecule has 0 radical (unpaired) electrons. The number of oxime groups is 1. The second-order valence-corrected chi connectivity index (χ2v) is 6.48. The highest BCUT2D eigenvalue weighted by Crippen LogP contribution is 2.12. The second kappa shape index (κ2) is 7.22. The SMILES string of the molecule is CC(CO)NCCS(=O)(=O)c1ccc(/C(N)=N/O)cc1. The Kier molecular flexibility index (Phi) is 5.93. The summed E-state index contributed by atoms with van der Waals surface area (Å²) in [5.41, 5.74) is 5.84. The van der Waals surface area contributed by atoms with Gasteiger partial charge in [0.2, 0.25) is 0 Å². The van der Waals surface area contributed by atoms with Crippen LogP contribution in [0.5, 0.6) is 0 Å². The Morgan fingerprint density at radius 1 is 1.40 bits per heavy atom. The van der Waals surface area contributed by atoms with Crippen molar-refractivity contribution < 1.29 is 18.7 Å². The minimum absolute atomic E-state index is 0.0471. The van der Waals surface area contributed by atoms with Crippen LogP contribution in [0.4, 0.5) is 0 Å². The van der Waals surface area contributed by atoms with Gasteiger partial charge in [-0.05, 0) is 31.2 Å². The number of hydrogen-bond acceptors (Lipinski definition) is 6. The molecular weight excluding hydrogens is 282 g/mol. The van der Waals surface area contributed by atoms with Gasteiger partial charge >= 0.3 is 0 Å². The van der Waals surface area contributed by atoms with E-state index in [4.69, 9.17) is 16.0 Å². The maximum atomic E-state index is 12.0. The lowest BCUT2D eigenvalue weighted by atomic mass is 10.2. The van der Waals surface area contributed by atoms with E-state index in [2.05, 4.69) is 10.5 Å². The molecule has 20 heavy (non-hydrogen) atoms. The lowest BCUT2D eigenvalue weighted by Crippen LogP contribution is -2.33. The molecule has 1 rings (SSSR count). The van der Waals surface area contributed by atoms with E-state index < -0.39 is 9.84 Å². The molecule has 1 aromatic carbocycles. The number of nitrogens with two attached hydrogens (primary N) is 1. The topological polar surface area (TPSA) is 125 Å². The van der Waals surface area contributed by atoms with Crippen molar-refractivity contribution in [2.24, 2.45) is 10.9 Å². The number of aliphatic hydroxyl groups is 1. The molecule has 0 aromatic heterocycles. The second-order valence-electron chi connectivity index (χ2n) is 4.37. The number of nitrogens with one attached hydrogen (secondary N) is 1. The third-order valence-corrected chi connectivity index (χ3v) is 4.49. The van der Waals surface area contributed by atoms with E-state index in [0.717, 1.165) is 0 Å². The van der Waals surface area contributed by atoms with Crippen molar-refractivity contribution in [2.75, 3.05) is 18.9 Å². The van der Waals surface area contributed by atoms with Gasteiger partial charge in [0, 0.05) is 18.2 Å². The van der Waals surface area contributed by atoms with E-state index in [-0.39, 0.29) is 35.7 Å². The molecule has 1 unspecified atom stereocenters. The summed E-state index contributed by atoms with van der Waals surface area (Å²) in [6, 6.07) is 5.64. The number of benzene rings is 1. The molecule has 7 nitrogen and oxygen atoms in total. The minimum atomic E-state index is -3.40. The Morgan fingerprint density at radius 2 is 2.00 bits per heavy atom. The molecule has 0 bridgehead atoms. The van der Waals surface area contributed by atoms with Crippen molar-refractivity contribution in [1.82, 2.24) is 5.32 Å². The molecule has 0 spiro atoms. The Hall–Kier alpha value is -1.64. The van der Waals surface area contributed by atoms with Gasteiger partial charge in [0.25, 0.3) is 0 Å². The zero-order chi connectivity index (χ0) is 15.2. The fourth-order valence-electron chi connectivity index (χ4n) is 1.51. The van der Waals surface area contributed by atoms with E-state index >= 15 is 0 Å². The van der Waals surface area contributed by atoms with Crippen LogP contribution in [0.2, 0.25) is 0 Å². The maximum Gasteiger partial charge on any atom is 0.179 e. The van der Waals surface area contributed by atoms with E-state index in [1.807, 2.05) is 0 Å². The van der Waals surface area contributed by atoms with Crippen LogP contribution >= 0.6 is 0 Å². The average molecular weight is 301 g/mol. The summed E-state index contributed by atoms with van der Waals surface area (Å²) in [5, 5.41) is 23.1. The third-order valence-electron chi connectivity index (χ3n) is 2.75. The summed E-state index contributed by atoms with van der Waals surface area (Å²) in [4.78, 5) is 0.172. The van der Waals surface area contributed by atoms with Crippen LogP contribution < -0.4 is 11.1 Å². The van der Waals surface area contributed by atoms with Gasteiger partial charge in [0.05, 0.1) is 17.3 Å². The molecule has 0 aliphatic rings. The first-order valence-electron chi connectivity index (χ1n) is 6.05. The van der Waals surface area contributed by atoms with Gasteiger partial charge in [0.15, 0.2) is 15.7 Å². The van der Waals surface area contributed by atoms with Gasteiger partial charge in [-0.1, -0.05) is 5.16 Å². The number of rotatable bonds is 7. The van der Waals surface area contributed by atoms with E-state index in [9.17, 15) is 8.42 Å². The highest BCUT2D eigenvalue weighted by molar-refractivity contribution is 7.91. The predicted octanol–water partition coefficient (Wildman–Crippen LogP) is -0.475. The van der Waals surface area contributed by atoms with Crippen molar-refractivity contribution in [2.45, 2.75) is 17.9 Å². The molecule has 0 aliphatic carbocycles. The molecule has 0 fully saturated rings. The zero-order valence-corrected chi connectivity index (χ0v) is 12.0. The van der Waals surface area contributed by atoms with E-state index in [1.54, 1.807) is 6.92 Å². The first kappa shape index (κ1) is 16.4. The summed E-state index contributed by atoms with van der Waals surface area (Å²) >= 11 is 0. The number of nitrogens with zero attached hydrogens (tertiary/aromatic N) is 1. The van der Waals surface area contributed by atoms with E-state index in [0.29, 0.717) is 5.56 Å². The molecule has 112 valence electrons. The Bertz CT molecular complexity index is 555. The van der Waals surface area contributed by atoms with Crippen LogP contribution in [0, 0.1) is 0 Å². The van der Waals surface area contributed by atoms with Crippen LogP contribution in [0.1, 0.15) is 12.5 Å². The normalized spacial score (nSPS) is 14.2. The van der Waals surface area contributed by atoms with Gasteiger partial charge in [-0.3, -0.25) is 0 Å². The van der Waals surface area contributed by atoms with Crippen molar-refractivity contribution in [3.63, 3.8) is 0 Å². The quantitative estimate of drug-likeness (QED) is 0.233. The van der Waals surface area contributed by atoms with Gasteiger partial charge in [-0.2, -0.15) is 0 Å². The molecule has 5 N–H and O–H groups in total. The molecule has 1 atom stereocenters. The number of sulfone groups is 1. The number of aliphatic hydroxyl groups excluding tert-OH is 1. The van der Waals surface area contributed by atoms with Crippen molar-refractivity contribution in [3.05, 3.63) is 29.8 Å². The Balaban J connectivity index is 2.73. The smallest absolute Gasteiger partial charge is 0.179 e. The highest BCUT2D eigenvalue weighted by Gasteiger charge is 2.14. The maximum absolute atomic E-state index is 12.0. The van der Waals surface area contributed by atoms with E-state index in [1.165, 1.54) is 24.3 Å². The number of amidine groups is 1. The van der Waals surface area contributed by atoms with Gasteiger partial charge in [-0.15, -0.1) is 0 Å². The molecule has 0 amide bonds. The lowest BCUT2D eigenvalue weighted by Gasteiger charge is -2.11. The lowest BCUT2D eigenvalue weighted by molar-refractivity contribution is 0.253. The molecule has 0 aliphatic heterocycles. The minimum Gasteiger partial charge on any atom is -0.409 e. The zero-order valence-electron chi connectivity index (χ0n) is 11.2. The largest absolute Gasteiger partial charge is 0.409 e. The Morgan fingerprint density at radius 3 is 2.50 bits per heavy atom. The Labute approximate surface area is 118 Å². The standard InChI is InChI=1S/C12H19N3O4S/c1-9(8-16)14-6-7-20(18,19)11-4-2-10(3-5-11)12(13)15-17/h2-5,9,14,16-17H,6-8H2,1H3,(H2,13,15). The van der Waals surface area contributed by atoms with Crippen molar-refractivity contribution in [3.8, 4) is 0 Å². The summed E-state index contributed by atoms with van der Waals surface area (Å²) in [6.45, 7) is 1.97. The number of hydrogen-bond donors (Lipinski definition) is 4.